The van der Waals surface area contributed by atoms with Crippen molar-refractivity contribution in [1.29, 1.82) is 0 Å². The number of imidazole rings is 1. The molecule has 2 aromatic rings. The Morgan fingerprint density at radius 1 is 1.42 bits per heavy atom. The smallest absolute Gasteiger partial charge is 0.201 e. The lowest BCUT2D eigenvalue weighted by molar-refractivity contribution is 0.119. The van der Waals surface area contributed by atoms with Crippen LogP contribution in [-0.2, 0) is 11.3 Å². The lowest BCUT2D eigenvalue weighted by Crippen LogP contribution is -2.07. The van der Waals surface area contributed by atoms with Crippen molar-refractivity contribution >= 4 is 17.0 Å². The molecule has 4 nitrogen and oxygen atoms in total. The lowest BCUT2D eigenvalue weighted by atomic mass is 10.2. The number of hydrogen-bond acceptors (Lipinski definition) is 3. The summed E-state index contributed by atoms with van der Waals surface area (Å²) in [5.41, 5.74) is 9.32. The van der Waals surface area contributed by atoms with E-state index in [4.69, 9.17) is 10.5 Å². The molecule has 0 aliphatic heterocycles. The number of nitrogens with zero attached hydrogens (tertiary/aromatic N) is 2. The second kappa shape index (κ2) is 5.21. The van der Waals surface area contributed by atoms with Gasteiger partial charge in [-0.25, -0.2) is 4.98 Å². The van der Waals surface area contributed by atoms with E-state index >= 15 is 0 Å². The molecule has 1 aromatic carbocycles. The fourth-order valence-corrected chi connectivity index (χ4v) is 2.40. The van der Waals surface area contributed by atoms with Crippen LogP contribution in [0.3, 0.4) is 0 Å². The number of para-hydroxylation sites is 1. The Morgan fingerprint density at radius 2 is 2.26 bits per heavy atom. The van der Waals surface area contributed by atoms with Crippen molar-refractivity contribution in [3.63, 3.8) is 0 Å². The summed E-state index contributed by atoms with van der Waals surface area (Å²) >= 11 is 0. The fourth-order valence-electron chi connectivity index (χ4n) is 2.40. The predicted molar refractivity (Wildman–Crippen MR) is 77.0 cm³/mol. The Morgan fingerprint density at radius 3 is 3.05 bits per heavy atom. The molecule has 0 atom stereocenters. The number of nitrogens with two attached hydrogens (primary N) is 1. The number of aromatic nitrogens is 2. The summed E-state index contributed by atoms with van der Waals surface area (Å²) < 4.78 is 7.74. The van der Waals surface area contributed by atoms with Gasteiger partial charge in [-0.15, -0.1) is 0 Å². The molecule has 1 saturated carbocycles. The van der Waals surface area contributed by atoms with Gasteiger partial charge in [-0.2, -0.15) is 0 Å². The van der Waals surface area contributed by atoms with E-state index in [2.05, 4.69) is 34.7 Å². The van der Waals surface area contributed by atoms with E-state index in [-0.39, 0.29) is 0 Å². The first kappa shape index (κ1) is 12.5. The zero-order valence-corrected chi connectivity index (χ0v) is 11.4. The molecule has 0 spiro atoms. The Bertz CT molecular complexity index is 572. The highest BCUT2D eigenvalue weighted by Crippen LogP contribution is 2.28. The zero-order valence-electron chi connectivity index (χ0n) is 11.4. The minimum absolute atomic E-state index is 0.603. The molecule has 1 aliphatic carbocycles. The van der Waals surface area contributed by atoms with Crippen LogP contribution in [-0.4, -0.2) is 22.8 Å². The van der Waals surface area contributed by atoms with Crippen LogP contribution >= 0.6 is 0 Å². The first-order valence-electron chi connectivity index (χ1n) is 7.05. The van der Waals surface area contributed by atoms with Crippen LogP contribution in [0.1, 0.15) is 24.8 Å². The van der Waals surface area contributed by atoms with Gasteiger partial charge >= 0.3 is 0 Å². The van der Waals surface area contributed by atoms with Gasteiger partial charge < -0.3 is 15.0 Å². The molecular formula is C15H21N3O. The normalized spacial score (nSPS) is 15.2. The van der Waals surface area contributed by atoms with E-state index in [1.54, 1.807) is 0 Å². The van der Waals surface area contributed by atoms with E-state index < -0.39 is 0 Å². The minimum Gasteiger partial charge on any atom is -0.381 e. The van der Waals surface area contributed by atoms with Gasteiger partial charge in [0.25, 0.3) is 0 Å². The number of rotatable bonds is 6. The number of fused-ring (bicyclic) bond motifs is 1. The fraction of sp³-hybridized carbons (Fsp3) is 0.533. The molecule has 0 amide bonds. The summed E-state index contributed by atoms with van der Waals surface area (Å²) in [5.74, 6) is 1.44. The summed E-state index contributed by atoms with van der Waals surface area (Å²) in [6.07, 6.45) is 3.67. The van der Waals surface area contributed by atoms with Crippen LogP contribution in [0.25, 0.3) is 11.0 Å². The van der Waals surface area contributed by atoms with E-state index in [1.807, 2.05) is 0 Å². The van der Waals surface area contributed by atoms with Crippen molar-refractivity contribution in [2.45, 2.75) is 32.7 Å². The molecule has 19 heavy (non-hydrogen) atoms. The number of ether oxygens (including phenoxy) is 1. The van der Waals surface area contributed by atoms with Crippen LogP contribution in [0.5, 0.6) is 0 Å². The summed E-state index contributed by atoms with van der Waals surface area (Å²) in [6.45, 7) is 4.68. The summed E-state index contributed by atoms with van der Waals surface area (Å²) in [4.78, 5) is 4.45. The van der Waals surface area contributed by atoms with Crippen LogP contribution in [0.15, 0.2) is 18.2 Å². The Hall–Kier alpha value is -1.55. The van der Waals surface area contributed by atoms with Gasteiger partial charge in [0, 0.05) is 19.8 Å². The highest BCUT2D eigenvalue weighted by atomic mass is 16.5. The second-order valence-electron chi connectivity index (χ2n) is 5.44. The molecule has 1 heterocycles. The topological polar surface area (TPSA) is 53.1 Å². The second-order valence-corrected chi connectivity index (χ2v) is 5.44. The van der Waals surface area contributed by atoms with Gasteiger partial charge in [0.1, 0.15) is 0 Å². The highest BCUT2D eigenvalue weighted by Gasteiger charge is 2.20. The van der Waals surface area contributed by atoms with Crippen molar-refractivity contribution in [3.05, 3.63) is 23.8 Å². The maximum Gasteiger partial charge on any atom is 0.201 e. The van der Waals surface area contributed by atoms with E-state index in [9.17, 15) is 0 Å². The average Bonchev–Trinajstić information content (AvgIpc) is 3.15. The zero-order chi connectivity index (χ0) is 13.2. The van der Waals surface area contributed by atoms with Crippen molar-refractivity contribution in [1.82, 2.24) is 9.55 Å². The van der Waals surface area contributed by atoms with Gasteiger partial charge in [0.2, 0.25) is 5.95 Å². The molecule has 1 fully saturated rings. The average molecular weight is 259 g/mol. The quantitative estimate of drug-likeness (QED) is 0.812. The Kier molecular flexibility index (Phi) is 3.42. The lowest BCUT2D eigenvalue weighted by Gasteiger charge is -2.07. The van der Waals surface area contributed by atoms with Crippen LogP contribution < -0.4 is 5.73 Å². The van der Waals surface area contributed by atoms with Crippen LogP contribution in [0.4, 0.5) is 5.95 Å². The number of benzene rings is 1. The molecule has 0 bridgehead atoms. The number of hydrogen-bond donors (Lipinski definition) is 1. The highest BCUT2D eigenvalue weighted by molar-refractivity contribution is 5.81. The van der Waals surface area contributed by atoms with Gasteiger partial charge in [0.05, 0.1) is 11.0 Å². The number of anilines is 1. The minimum atomic E-state index is 0.603. The molecule has 1 aliphatic rings. The van der Waals surface area contributed by atoms with Gasteiger partial charge in [-0.3, -0.25) is 0 Å². The maximum absolute atomic E-state index is 6.01. The molecule has 4 heteroatoms. The standard InChI is InChI=1S/C15H21N3O/c1-11-4-2-5-13-14(11)17-15(16)18(13)8-3-9-19-10-12-6-7-12/h2,4-5,12H,3,6-10H2,1H3,(H2,16,17). The third-order valence-corrected chi connectivity index (χ3v) is 3.73. The van der Waals surface area contributed by atoms with Crippen molar-refractivity contribution in [2.75, 3.05) is 18.9 Å². The summed E-state index contributed by atoms with van der Waals surface area (Å²) in [6, 6.07) is 6.20. The molecule has 0 saturated heterocycles. The number of aryl methyl sites for hydroxylation is 2. The monoisotopic (exact) mass is 259 g/mol. The van der Waals surface area contributed by atoms with E-state index in [0.717, 1.165) is 43.1 Å². The third kappa shape index (κ3) is 2.73. The van der Waals surface area contributed by atoms with Gasteiger partial charge in [-0.1, -0.05) is 12.1 Å². The van der Waals surface area contributed by atoms with Crippen LogP contribution in [0, 0.1) is 12.8 Å². The third-order valence-electron chi connectivity index (χ3n) is 3.73. The van der Waals surface area contributed by atoms with Crippen LogP contribution in [0.2, 0.25) is 0 Å². The van der Waals surface area contributed by atoms with Crippen molar-refractivity contribution in [2.24, 2.45) is 5.92 Å². The Balaban J connectivity index is 1.63. The molecule has 0 radical (unpaired) electrons. The maximum atomic E-state index is 6.01. The summed E-state index contributed by atoms with van der Waals surface area (Å²) in [5, 5.41) is 0. The predicted octanol–water partition coefficient (Wildman–Crippen LogP) is 2.74. The van der Waals surface area contributed by atoms with E-state index in [0.29, 0.717) is 5.95 Å². The molecule has 2 N–H and O–H groups in total. The molecule has 102 valence electrons. The Labute approximate surface area is 113 Å². The molecule has 0 unspecified atom stereocenters. The van der Waals surface area contributed by atoms with E-state index in [1.165, 1.54) is 18.4 Å². The van der Waals surface area contributed by atoms with Gasteiger partial charge in [0.15, 0.2) is 0 Å². The molecule has 3 rings (SSSR count). The van der Waals surface area contributed by atoms with Crippen molar-refractivity contribution in [3.8, 4) is 0 Å². The summed E-state index contributed by atoms with van der Waals surface area (Å²) in [7, 11) is 0. The largest absolute Gasteiger partial charge is 0.381 e. The molecule has 1 aromatic heterocycles. The number of nitrogen functional groups attached to an aromatic ring is 1. The SMILES string of the molecule is Cc1cccc2c1nc(N)n2CCCOCC1CC1. The molecular weight excluding hydrogens is 238 g/mol. The first-order chi connectivity index (χ1) is 9.25. The first-order valence-corrected chi connectivity index (χ1v) is 7.05. The van der Waals surface area contributed by atoms with Gasteiger partial charge in [-0.05, 0) is 43.7 Å². The van der Waals surface area contributed by atoms with Crippen molar-refractivity contribution < 1.29 is 4.74 Å².